The van der Waals surface area contributed by atoms with E-state index in [0.717, 1.165) is 13.1 Å². The number of aromatic nitrogens is 1. The zero-order valence-corrected chi connectivity index (χ0v) is 16.3. The van der Waals surface area contributed by atoms with Crippen LogP contribution in [0.25, 0.3) is 10.9 Å². The second-order valence-electron chi connectivity index (χ2n) is 8.43. The lowest BCUT2D eigenvalue weighted by Crippen LogP contribution is -2.39. The lowest BCUT2D eigenvalue weighted by atomic mass is 10.1. The zero-order chi connectivity index (χ0) is 19.3. The number of amides is 1. The number of benzene rings is 1. The number of pyridine rings is 1. The molecule has 0 spiro atoms. The number of likely N-dealkylation sites (tertiary alicyclic amines) is 1. The minimum atomic E-state index is -0.664. The van der Waals surface area contributed by atoms with Gasteiger partial charge in [-0.1, -0.05) is 11.6 Å². The molecule has 2 fully saturated rings. The summed E-state index contributed by atoms with van der Waals surface area (Å²) in [5, 5.41) is 14.1. The van der Waals surface area contributed by atoms with Gasteiger partial charge >= 0.3 is 0 Å². The highest BCUT2D eigenvalue weighted by atomic mass is 35.5. The molecule has 144 valence electrons. The number of nitrogens with zero attached hydrogens (tertiary/aromatic N) is 2. The van der Waals surface area contributed by atoms with E-state index in [4.69, 9.17) is 17.3 Å². The van der Waals surface area contributed by atoms with Crippen LogP contribution in [0.15, 0.2) is 24.4 Å². The van der Waals surface area contributed by atoms with E-state index in [1.54, 1.807) is 18.3 Å². The third kappa shape index (κ3) is 3.61. The Labute approximate surface area is 163 Å². The quantitative estimate of drug-likeness (QED) is 0.682. The highest BCUT2D eigenvalue weighted by Crippen LogP contribution is 2.51. The van der Waals surface area contributed by atoms with Crippen molar-refractivity contribution in [2.24, 2.45) is 17.8 Å². The van der Waals surface area contributed by atoms with Gasteiger partial charge in [0.05, 0.1) is 27.4 Å². The maximum Gasteiger partial charge on any atom is 0.253 e. The molecule has 4 N–H and O–H groups in total. The summed E-state index contributed by atoms with van der Waals surface area (Å²) in [5.41, 5.74) is 6.82. The van der Waals surface area contributed by atoms with Crippen LogP contribution in [0.2, 0.25) is 5.02 Å². The van der Waals surface area contributed by atoms with Crippen molar-refractivity contribution >= 4 is 34.1 Å². The fourth-order valence-electron chi connectivity index (χ4n) is 4.43. The first-order valence-electron chi connectivity index (χ1n) is 9.30. The van der Waals surface area contributed by atoms with E-state index < -0.39 is 5.60 Å². The SMILES string of the molecule is CC(C)(O)CN1CC2C(CNC(=O)c3cc(Cl)c(N)c4cccnc34)C2C1. The van der Waals surface area contributed by atoms with Crippen LogP contribution in [0.4, 0.5) is 5.69 Å². The van der Waals surface area contributed by atoms with Crippen LogP contribution in [0.1, 0.15) is 24.2 Å². The van der Waals surface area contributed by atoms with E-state index in [-0.39, 0.29) is 5.91 Å². The van der Waals surface area contributed by atoms with E-state index in [1.807, 2.05) is 19.9 Å². The molecule has 2 heterocycles. The van der Waals surface area contributed by atoms with Crippen molar-refractivity contribution in [3.8, 4) is 0 Å². The molecule has 0 bridgehead atoms. The van der Waals surface area contributed by atoms with E-state index >= 15 is 0 Å². The highest BCUT2D eigenvalue weighted by Gasteiger charge is 2.55. The number of hydrogen-bond acceptors (Lipinski definition) is 5. The van der Waals surface area contributed by atoms with Crippen molar-refractivity contribution in [2.75, 3.05) is 31.9 Å². The molecule has 1 saturated carbocycles. The first-order valence-corrected chi connectivity index (χ1v) is 9.68. The van der Waals surface area contributed by atoms with Crippen LogP contribution in [0, 0.1) is 17.8 Å². The van der Waals surface area contributed by atoms with Crippen molar-refractivity contribution in [3.63, 3.8) is 0 Å². The lowest BCUT2D eigenvalue weighted by molar-refractivity contribution is 0.0389. The van der Waals surface area contributed by atoms with E-state index in [2.05, 4.69) is 15.2 Å². The first-order chi connectivity index (χ1) is 12.7. The van der Waals surface area contributed by atoms with Gasteiger partial charge in [-0.3, -0.25) is 14.7 Å². The highest BCUT2D eigenvalue weighted by molar-refractivity contribution is 6.35. The van der Waals surface area contributed by atoms with Crippen molar-refractivity contribution in [1.29, 1.82) is 0 Å². The summed E-state index contributed by atoms with van der Waals surface area (Å²) in [5.74, 6) is 1.56. The maximum absolute atomic E-state index is 12.7. The number of carbonyl (C=O) groups excluding carboxylic acids is 1. The molecule has 2 atom stereocenters. The van der Waals surface area contributed by atoms with Gasteiger partial charge in [0.1, 0.15) is 0 Å². The summed E-state index contributed by atoms with van der Waals surface area (Å²) >= 11 is 6.20. The number of β-amino-alcohol motifs (C(OH)–C–C–N with tert-alkyl or cyclic N) is 1. The Kier molecular flexibility index (Phi) is 4.53. The van der Waals surface area contributed by atoms with Gasteiger partial charge in [0.2, 0.25) is 0 Å². The number of hydrogen-bond donors (Lipinski definition) is 3. The van der Waals surface area contributed by atoms with Crippen LogP contribution in [-0.2, 0) is 0 Å². The fraction of sp³-hybridized carbons (Fsp3) is 0.500. The third-order valence-corrected chi connectivity index (χ3v) is 5.99. The number of rotatable bonds is 5. The summed E-state index contributed by atoms with van der Waals surface area (Å²) in [6, 6.07) is 5.20. The average Bonchev–Trinajstić information content (AvgIpc) is 3.06. The van der Waals surface area contributed by atoms with Crippen molar-refractivity contribution in [1.82, 2.24) is 15.2 Å². The molecule has 1 aliphatic carbocycles. The first kappa shape index (κ1) is 18.5. The van der Waals surface area contributed by atoms with E-state index in [1.165, 1.54) is 0 Å². The van der Waals surface area contributed by atoms with Gasteiger partial charge in [-0.15, -0.1) is 0 Å². The van der Waals surface area contributed by atoms with Gasteiger partial charge in [0.15, 0.2) is 0 Å². The fourth-order valence-corrected chi connectivity index (χ4v) is 4.64. The van der Waals surface area contributed by atoms with Gasteiger partial charge in [0.25, 0.3) is 5.91 Å². The van der Waals surface area contributed by atoms with Gasteiger partial charge < -0.3 is 16.2 Å². The Morgan fingerprint density at radius 2 is 2.15 bits per heavy atom. The topological polar surface area (TPSA) is 91.5 Å². The molecule has 7 heteroatoms. The number of fused-ring (bicyclic) bond motifs is 2. The lowest BCUT2D eigenvalue weighted by Gasteiger charge is -2.27. The molecule has 1 saturated heterocycles. The molecule has 27 heavy (non-hydrogen) atoms. The number of nitrogens with one attached hydrogen (secondary N) is 1. The minimum Gasteiger partial charge on any atom is -0.397 e. The Morgan fingerprint density at radius 1 is 1.44 bits per heavy atom. The number of nitrogens with two attached hydrogens (primary N) is 1. The molecule has 1 aromatic carbocycles. The van der Waals surface area contributed by atoms with E-state index in [9.17, 15) is 9.90 Å². The second kappa shape index (κ2) is 6.62. The molecule has 2 aromatic rings. The molecule has 4 rings (SSSR count). The van der Waals surface area contributed by atoms with Gasteiger partial charge in [-0.05, 0) is 49.8 Å². The number of anilines is 1. The largest absolute Gasteiger partial charge is 0.397 e. The maximum atomic E-state index is 12.7. The van der Waals surface area contributed by atoms with E-state index in [0.29, 0.717) is 58.0 Å². The molecule has 1 aliphatic heterocycles. The van der Waals surface area contributed by atoms with Crippen LogP contribution >= 0.6 is 11.6 Å². The summed E-state index contributed by atoms with van der Waals surface area (Å²) < 4.78 is 0. The molecule has 6 nitrogen and oxygen atoms in total. The molecular weight excluding hydrogens is 364 g/mol. The summed E-state index contributed by atoms with van der Waals surface area (Å²) in [7, 11) is 0. The molecule has 1 aromatic heterocycles. The number of halogens is 1. The predicted octanol–water partition coefficient (Wildman–Crippen LogP) is 2.15. The number of piperidine rings is 1. The Balaban J connectivity index is 1.39. The average molecular weight is 389 g/mol. The van der Waals surface area contributed by atoms with Gasteiger partial charge in [-0.25, -0.2) is 0 Å². The molecule has 2 unspecified atom stereocenters. The number of nitrogen functional groups attached to an aromatic ring is 1. The summed E-state index contributed by atoms with van der Waals surface area (Å²) in [6.07, 6.45) is 1.65. The standard InChI is InChI=1S/C20H25ClN4O2/c1-20(2,27)10-25-8-14-13(15(14)9-25)7-24-19(26)12-6-16(21)17(22)11-4-3-5-23-18(11)12/h3-6,13-15,27H,7-10,22H2,1-2H3,(H,24,26). The Morgan fingerprint density at radius 3 is 2.81 bits per heavy atom. The van der Waals surface area contributed by atoms with Gasteiger partial charge in [0, 0.05) is 37.8 Å². The number of aliphatic hydroxyl groups is 1. The van der Waals surface area contributed by atoms with Crippen LogP contribution < -0.4 is 11.1 Å². The monoisotopic (exact) mass is 388 g/mol. The van der Waals surface area contributed by atoms with Crippen LogP contribution in [-0.4, -0.2) is 52.7 Å². The molecule has 0 radical (unpaired) electrons. The van der Waals surface area contributed by atoms with Crippen molar-refractivity contribution in [2.45, 2.75) is 19.4 Å². The summed E-state index contributed by atoms with van der Waals surface area (Å²) in [4.78, 5) is 19.4. The number of carbonyl (C=O) groups is 1. The van der Waals surface area contributed by atoms with Crippen molar-refractivity contribution in [3.05, 3.63) is 35.0 Å². The molecule has 1 amide bonds. The molecule has 2 aliphatic rings. The van der Waals surface area contributed by atoms with Crippen LogP contribution in [0.5, 0.6) is 0 Å². The van der Waals surface area contributed by atoms with Crippen molar-refractivity contribution < 1.29 is 9.90 Å². The third-order valence-electron chi connectivity index (χ3n) is 5.68. The summed E-state index contributed by atoms with van der Waals surface area (Å²) in [6.45, 7) is 7.01. The predicted molar refractivity (Wildman–Crippen MR) is 107 cm³/mol. The Bertz CT molecular complexity index is 883. The van der Waals surface area contributed by atoms with Gasteiger partial charge in [-0.2, -0.15) is 0 Å². The zero-order valence-electron chi connectivity index (χ0n) is 15.6. The second-order valence-corrected chi connectivity index (χ2v) is 8.83. The normalized spacial score (nSPS) is 24.8. The van der Waals surface area contributed by atoms with Crippen LogP contribution in [0.3, 0.4) is 0 Å². The Hall–Kier alpha value is -1.89. The smallest absolute Gasteiger partial charge is 0.253 e. The molecular formula is C20H25ClN4O2. The minimum absolute atomic E-state index is 0.168.